The van der Waals surface area contributed by atoms with Crippen LogP contribution in [0, 0.1) is 11.7 Å². The summed E-state index contributed by atoms with van der Waals surface area (Å²) in [5.74, 6) is 1.13. The maximum atomic E-state index is 13.4. The van der Waals surface area contributed by atoms with Crippen LogP contribution >= 0.6 is 11.8 Å². The molecule has 0 saturated carbocycles. The second kappa shape index (κ2) is 8.20. The normalized spacial score (nSPS) is 10.8. The predicted octanol–water partition coefficient (Wildman–Crippen LogP) is 3.81. The molecule has 0 radical (unpaired) electrons. The first-order valence-electron chi connectivity index (χ1n) is 6.62. The van der Waals surface area contributed by atoms with E-state index in [0.717, 1.165) is 13.0 Å². The summed E-state index contributed by atoms with van der Waals surface area (Å²) in [4.78, 5) is 14.2. The van der Waals surface area contributed by atoms with E-state index in [4.69, 9.17) is 0 Å². The van der Waals surface area contributed by atoms with Gasteiger partial charge in [-0.25, -0.2) is 4.39 Å². The number of nitrogens with zero attached hydrogens (tertiary/aromatic N) is 1. The first kappa shape index (κ1) is 16.0. The summed E-state index contributed by atoms with van der Waals surface area (Å²) in [6, 6.07) is 6.66. The number of halogens is 1. The molecule has 0 bridgehead atoms. The van der Waals surface area contributed by atoms with Gasteiger partial charge in [0.25, 0.3) is 0 Å². The first-order valence-corrected chi connectivity index (χ1v) is 7.60. The van der Waals surface area contributed by atoms with Crippen LogP contribution in [0.2, 0.25) is 0 Å². The molecule has 0 N–H and O–H groups in total. The minimum Gasteiger partial charge on any atom is -0.346 e. The molecule has 19 heavy (non-hydrogen) atoms. The monoisotopic (exact) mass is 283 g/mol. The van der Waals surface area contributed by atoms with Crippen molar-refractivity contribution in [2.75, 3.05) is 19.3 Å². The van der Waals surface area contributed by atoms with Gasteiger partial charge in [-0.3, -0.25) is 4.79 Å². The summed E-state index contributed by atoms with van der Waals surface area (Å²) < 4.78 is 13.4. The number of carbonyl (C=O) groups excluding carboxylic acids is 1. The van der Waals surface area contributed by atoms with Gasteiger partial charge in [-0.1, -0.05) is 26.0 Å². The fourth-order valence-electron chi connectivity index (χ4n) is 1.58. The number of rotatable bonds is 7. The lowest BCUT2D eigenvalue weighted by atomic mass is 10.1. The molecule has 106 valence electrons. The number of hydrogen-bond acceptors (Lipinski definition) is 2. The largest absolute Gasteiger partial charge is 0.346 e. The number of benzene rings is 1. The van der Waals surface area contributed by atoms with Crippen molar-refractivity contribution in [1.29, 1.82) is 0 Å². The average Bonchev–Trinajstić information content (AvgIpc) is 2.38. The molecule has 1 rings (SSSR count). The maximum absolute atomic E-state index is 13.4. The van der Waals surface area contributed by atoms with Crippen LogP contribution < -0.4 is 0 Å². The molecule has 2 nitrogen and oxygen atoms in total. The molecular formula is C15H22FNOS. The molecule has 0 fully saturated rings. The Balaban J connectivity index is 2.29. The number of carbonyl (C=O) groups is 1. The van der Waals surface area contributed by atoms with E-state index in [1.54, 1.807) is 17.0 Å². The molecule has 0 aromatic heterocycles. The number of amides is 1. The minimum absolute atomic E-state index is 0.129. The van der Waals surface area contributed by atoms with E-state index in [1.807, 2.05) is 13.1 Å². The van der Waals surface area contributed by atoms with Gasteiger partial charge in [0.05, 0.1) is 0 Å². The van der Waals surface area contributed by atoms with Crippen LogP contribution in [0.5, 0.6) is 0 Å². The van der Waals surface area contributed by atoms with Crippen molar-refractivity contribution in [3.63, 3.8) is 0 Å². The third-order valence-corrected chi connectivity index (χ3v) is 3.93. The molecular weight excluding hydrogens is 261 g/mol. The van der Waals surface area contributed by atoms with Crippen molar-refractivity contribution >= 4 is 17.7 Å². The van der Waals surface area contributed by atoms with Gasteiger partial charge < -0.3 is 4.90 Å². The van der Waals surface area contributed by atoms with Crippen LogP contribution in [0.15, 0.2) is 29.2 Å². The zero-order chi connectivity index (χ0) is 14.3. The Labute approximate surface area is 119 Å². The summed E-state index contributed by atoms with van der Waals surface area (Å²) >= 11 is 1.39. The van der Waals surface area contributed by atoms with Crippen molar-refractivity contribution in [2.45, 2.75) is 31.6 Å². The molecule has 4 heteroatoms. The zero-order valence-corrected chi connectivity index (χ0v) is 12.7. The van der Waals surface area contributed by atoms with E-state index >= 15 is 0 Å². The predicted molar refractivity (Wildman–Crippen MR) is 78.8 cm³/mol. The van der Waals surface area contributed by atoms with Gasteiger partial charge in [-0.15, -0.1) is 11.8 Å². The van der Waals surface area contributed by atoms with E-state index in [1.165, 1.54) is 17.8 Å². The Kier molecular flexibility index (Phi) is 6.92. The Morgan fingerprint density at radius 1 is 1.37 bits per heavy atom. The average molecular weight is 283 g/mol. The zero-order valence-electron chi connectivity index (χ0n) is 11.9. The summed E-state index contributed by atoms with van der Waals surface area (Å²) in [6.45, 7) is 5.08. The van der Waals surface area contributed by atoms with Crippen LogP contribution in [0.4, 0.5) is 4.39 Å². The van der Waals surface area contributed by atoms with Crippen LogP contribution in [-0.2, 0) is 4.79 Å². The molecule has 0 atom stereocenters. The molecule has 0 spiro atoms. The fraction of sp³-hybridized carbons (Fsp3) is 0.533. The molecule has 1 amide bonds. The minimum atomic E-state index is -0.215. The van der Waals surface area contributed by atoms with Gasteiger partial charge in [0.2, 0.25) is 5.91 Å². The van der Waals surface area contributed by atoms with Crippen molar-refractivity contribution in [3.05, 3.63) is 30.1 Å². The van der Waals surface area contributed by atoms with Crippen molar-refractivity contribution in [3.8, 4) is 0 Å². The highest BCUT2D eigenvalue weighted by Gasteiger charge is 2.10. The molecule has 0 unspecified atom stereocenters. The van der Waals surface area contributed by atoms with Crippen molar-refractivity contribution < 1.29 is 9.18 Å². The highest BCUT2D eigenvalue weighted by atomic mass is 32.2. The highest BCUT2D eigenvalue weighted by molar-refractivity contribution is 7.99. The molecule has 0 aliphatic rings. The molecule has 0 aliphatic carbocycles. The van der Waals surface area contributed by atoms with Gasteiger partial charge in [0.1, 0.15) is 5.82 Å². The Morgan fingerprint density at radius 3 is 2.68 bits per heavy atom. The lowest BCUT2D eigenvalue weighted by molar-refractivity contribution is -0.129. The second-order valence-electron chi connectivity index (χ2n) is 5.03. The SMILES string of the molecule is CC(C)CCN(C)C(=O)CCSc1ccccc1F. The van der Waals surface area contributed by atoms with Crippen LogP contribution in [0.1, 0.15) is 26.7 Å². The fourth-order valence-corrected chi connectivity index (χ4v) is 2.45. The molecule has 1 aromatic carbocycles. The summed E-state index contributed by atoms with van der Waals surface area (Å²) in [6.07, 6.45) is 1.47. The van der Waals surface area contributed by atoms with E-state index < -0.39 is 0 Å². The van der Waals surface area contributed by atoms with E-state index in [-0.39, 0.29) is 11.7 Å². The lowest BCUT2D eigenvalue weighted by Gasteiger charge is -2.18. The second-order valence-corrected chi connectivity index (χ2v) is 6.16. The third-order valence-electron chi connectivity index (χ3n) is 2.88. The Morgan fingerprint density at radius 2 is 2.05 bits per heavy atom. The summed E-state index contributed by atoms with van der Waals surface area (Å²) in [5, 5.41) is 0. The molecule has 1 aromatic rings. The van der Waals surface area contributed by atoms with E-state index in [0.29, 0.717) is 23.0 Å². The topological polar surface area (TPSA) is 20.3 Å². The van der Waals surface area contributed by atoms with Gasteiger partial charge in [-0.05, 0) is 24.5 Å². The Hall–Kier alpha value is -1.03. The van der Waals surface area contributed by atoms with Crippen LogP contribution in [-0.4, -0.2) is 30.2 Å². The smallest absolute Gasteiger partial charge is 0.223 e. The summed E-state index contributed by atoms with van der Waals surface area (Å²) in [5.41, 5.74) is 0. The van der Waals surface area contributed by atoms with Gasteiger partial charge in [0.15, 0.2) is 0 Å². The molecule has 0 heterocycles. The highest BCUT2D eigenvalue weighted by Crippen LogP contribution is 2.21. The van der Waals surface area contributed by atoms with Gasteiger partial charge >= 0.3 is 0 Å². The first-order chi connectivity index (χ1) is 9.00. The standard InChI is InChI=1S/C15H22FNOS/c1-12(2)8-10-17(3)15(18)9-11-19-14-7-5-4-6-13(14)16/h4-7,12H,8-11H2,1-3H3. The lowest BCUT2D eigenvalue weighted by Crippen LogP contribution is -2.28. The van der Waals surface area contributed by atoms with E-state index in [9.17, 15) is 9.18 Å². The van der Waals surface area contributed by atoms with Crippen LogP contribution in [0.25, 0.3) is 0 Å². The number of thioether (sulfide) groups is 1. The van der Waals surface area contributed by atoms with Gasteiger partial charge in [-0.2, -0.15) is 0 Å². The summed E-state index contributed by atoms with van der Waals surface area (Å²) in [7, 11) is 1.83. The molecule has 0 aliphatic heterocycles. The Bertz CT molecular complexity index is 409. The van der Waals surface area contributed by atoms with Gasteiger partial charge in [0, 0.05) is 30.7 Å². The van der Waals surface area contributed by atoms with Crippen LogP contribution in [0.3, 0.4) is 0 Å². The quantitative estimate of drug-likeness (QED) is 0.709. The van der Waals surface area contributed by atoms with E-state index in [2.05, 4.69) is 13.8 Å². The molecule has 0 saturated heterocycles. The number of hydrogen-bond donors (Lipinski definition) is 0. The maximum Gasteiger partial charge on any atom is 0.223 e. The van der Waals surface area contributed by atoms with Crippen molar-refractivity contribution in [1.82, 2.24) is 4.90 Å². The third kappa shape index (κ3) is 6.10. The van der Waals surface area contributed by atoms with Crippen molar-refractivity contribution in [2.24, 2.45) is 5.92 Å².